The second-order valence-corrected chi connectivity index (χ2v) is 8.27. The maximum absolute atomic E-state index is 12.4. The summed E-state index contributed by atoms with van der Waals surface area (Å²) in [7, 11) is 0. The summed E-state index contributed by atoms with van der Waals surface area (Å²) in [6, 6.07) is 21.9. The van der Waals surface area contributed by atoms with Gasteiger partial charge in [-0.05, 0) is 41.5 Å². The Bertz CT molecular complexity index is 1150. The molecule has 4 aromatic rings. The molecule has 28 heavy (non-hydrogen) atoms. The molecule has 0 aliphatic carbocycles. The van der Waals surface area contributed by atoms with Crippen LogP contribution < -0.4 is 5.32 Å². The molecule has 1 aromatic heterocycles. The van der Waals surface area contributed by atoms with E-state index in [4.69, 9.17) is 16.6 Å². The Morgan fingerprint density at radius 2 is 1.86 bits per heavy atom. The number of carbonyl (C=O) groups excluding carboxylic acids is 1. The molecule has 3 aromatic carbocycles. The third kappa shape index (κ3) is 4.24. The summed E-state index contributed by atoms with van der Waals surface area (Å²) in [6.45, 7) is 1.96. The minimum absolute atomic E-state index is 0.0641. The zero-order valence-electron chi connectivity index (χ0n) is 15.4. The highest BCUT2D eigenvalue weighted by atomic mass is 35.5. The first-order valence-electron chi connectivity index (χ1n) is 9.06. The van der Waals surface area contributed by atoms with Crippen molar-refractivity contribution in [3.8, 4) is 0 Å². The van der Waals surface area contributed by atoms with Gasteiger partial charge in [0.15, 0.2) is 0 Å². The van der Waals surface area contributed by atoms with Crippen LogP contribution in [0.25, 0.3) is 10.8 Å². The van der Waals surface area contributed by atoms with Crippen LogP contribution in [-0.2, 0) is 17.6 Å². The Morgan fingerprint density at radius 1 is 1.07 bits per heavy atom. The van der Waals surface area contributed by atoms with E-state index in [1.807, 2.05) is 19.1 Å². The van der Waals surface area contributed by atoms with E-state index in [1.54, 1.807) is 23.5 Å². The van der Waals surface area contributed by atoms with E-state index in [9.17, 15) is 4.79 Å². The molecule has 5 heteroatoms. The highest BCUT2D eigenvalue weighted by molar-refractivity contribution is 7.11. The van der Waals surface area contributed by atoms with Crippen molar-refractivity contribution in [1.29, 1.82) is 0 Å². The molecule has 1 heterocycles. The summed E-state index contributed by atoms with van der Waals surface area (Å²) >= 11 is 7.58. The second-order valence-electron chi connectivity index (χ2n) is 6.67. The molecule has 140 valence electrons. The number of fused-ring (bicyclic) bond motifs is 1. The average Bonchev–Trinajstić information content (AvgIpc) is 3.01. The molecule has 3 nitrogen and oxygen atoms in total. The molecule has 0 aliphatic heterocycles. The topological polar surface area (TPSA) is 42.0 Å². The summed E-state index contributed by atoms with van der Waals surface area (Å²) in [5.41, 5.74) is 2.87. The van der Waals surface area contributed by atoms with Gasteiger partial charge in [-0.25, -0.2) is 4.98 Å². The lowest BCUT2D eigenvalue weighted by Crippen LogP contribution is -2.14. The van der Waals surface area contributed by atoms with Crippen molar-refractivity contribution >= 4 is 45.3 Å². The van der Waals surface area contributed by atoms with Crippen molar-refractivity contribution in [2.45, 2.75) is 19.8 Å². The van der Waals surface area contributed by atoms with E-state index in [1.165, 1.54) is 16.3 Å². The van der Waals surface area contributed by atoms with Gasteiger partial charge in [0.25, 0.3) is 0 Å². The van der Waals surface area contributed by atoms with E-state index >= 15 is 0 Å². The molecule has 4 rings (SSSR count). The normalized spacial score (nSPS) is 10.9. The van der Waals surface area contributed by atoms with Crippen LogP contribution in [0.4, 0.5) is 5.69 Å². The molecule has 0 aliphatic rings. The van der Waals surface area contributed by atoms with E-state index in [0.717, 1.165) is 22.0 Å². The van der Waals surface area contributed by atoms with Crippen molar-refractivity contribution < 1.29 is 4.79 Å². The van der Waals surface area contributed by atoms with Gasteiger partial charge in [0.1, 0.15) is 0 Å². The molecule has 0 bridgehead atoms. The number of rotatable bonds is 5. The molecule has 1 amide bonds. The number of hydrogen-bond donors (Lipinski definition) is 1. The second kappa shape index (κ2) is 8.13. The van der Waals surface area contributed by atoms with Gasteiger partial charge in [-0.1, -0.05) is 60.1 Å². The van der Waals surface area contributed by atoms with Crippen LogP contribution in [0, 0.1) is 6.92 Å². The van der Waals surface area contributed by atoms with Crippen LogP contribution >= 0.6 is 22.9 Å². The highest BCUT2D eigenvalue weighted by Crippen LogP contribution is 2.26. The molecular weight excluding hydrogens is 388 g/mol. The quantitative estimate of drug-likeness (QED) is 0.439. The Balaban J connectivity index is 1.49. The van der Waals surface area contributed by atoms with Crippen molar-refractivity contribution in [3.05, 3.63) is 92.9 Å². The maximum atomic E-state index is 12.4. The third-order valence-electron chi connectivity index (χ3n) is 4.59. The van der Waals surface area contributed by atoms with Crippen LogP contribution in [0.5, 0.6) is 0 Å². The number of aromatic nitrogens is 1. The SMILES string of the molecule is Cc1nc(Cc2cccc3ccccc23)sc1CC(=O)Nc1cccc(Cl)c1. The number of anilines is 1. The van der Waals surface area contributed by atoms with E-state index in [0.29, 0.717) is 17.1 Å². The fraction of sp³-hybridized carbons (Fsp3) is 0.130. The number of nitrogens with one attached hydrogen (secondary N) is 1. The van der Waals surface area contributed by atoms with Gasteiger partial charge in [0.05, 0.1) is 17.1 Å². The smallest absolute Gasteiger partial charge is 0.229 e. The summed E-state index contributed by atoms with van der Waals surface area (Å²) in [5, 5.41) is 7.00. The molecule has 0 saturated carbocycles. The van der Waals surface area contributed by atoms with E-state index in [-0.39, 0.29) is 5.91 Å². The van der Waals surface area contributed by atoms with Crippen LogP contribution in [0.1, 0.15) is 21.1 Å². The maximum Gasteiger partial charge on any atom is 0.229 e. The predicted molar refractivity (Wildman–Crippen MR) is 117 cm³/mol. The lowest BCUT2D eigenvalue weighted by atomic mass is 10.0. The zero-order valence-corrected chi connectivity index (χ0v) is 17.0. The Hall–Kier alpha value is -2.69. The Labute approximate surface area is 173 Å². The Kier molecular flexibility index (Phi) is 5.42. The molecule has 0 saturated heterocycles. The van der Waals surface area contributed by atoms with Crippen molar-refractivity contribution in [1.82, 2.24) is 4.98 Å². The van der Waals surface area contributed by atoms with Gasteiger partial charge < -0.3 is 5.32 Å². The first-order valence-corrected chi connectivity index (χ1v) is 10.2. The molecule has 0 radical (unpaired) electrons. The number of amides is 1. The zero-order chi connectivity index (χ0) is 19.5. The molecule has 1 N–H and O–H groups in total. The largest absolute Gasteiger partial charge is 0.326 e. The van der Waals surface area contributed by atoms with Gasteiger partial charge in [-0.15, -0.1) is 11.3 Å². The number of carbonyl (C=O) groups is 1. The number of halogens is 1. The Morgan fingerprint density at radius 3 is 2.71 bits per heavy atom. The lowest BCUT2D eigenvalue weighted by molar-refractivity contribution is -0.115. The van der Waals surface area contributed by atoms with E-state index < -0.39 is 0 Å². The first-order chi connectivity index (χ1) is 13.6. The summed E-state index contributed by atoms with van der Waals surface area (Å²) in [4.78, 5) is 18.1. The molecule has 0 fully saturated rings. The minimum atomic E-state index is -0.0641. The minimum Gasteiger partial charge on any atom is -0.326 e. The van der Waals surface area contributed by atoms with Gasteiger partial charge in [-0.3, -0.25) is 4.79 Å². The summed E-state index contributed by atoms with van der Waals surface area (Å²) in [6.07, 6.45) is 1.08. The van der Waals surface area contributed by atoms with Crippen molar-refractivity contribution in [2.24, 2.45) is 0 Å². The van der Waals surface area contributed by atoms with Crippen molar-refractivity contribution in [2.75, 3.05) is 5.32 Å². The fourth-order valence-electron chi connectivity index (χ4n) is 3.25. The van der Waals surface area contributed by atoms with Crippen LogP contribution in [0.2, 0.25) is 5.02 Å². The van der Waals surface area contributed by atoms with Crippen LogP contribution in [0.15, 0.2) is 66.7 Å². The molecular formula is C23H19ClN2OS. The monoisotopic (exact) mass is 406 g/mol. The van der Waals surface area contributed by atoms with Crippen molar-refractivity contribution in [3.63, 3.8) is 0 Å². The first kappa shape index (κ1) is 18.7. The summed E-state index contributed by atoms with van der Waals surface area (Å²) in [5.74, 6) is -0.0641. The number of hydrogen-bond acceptors (Lipinski definition) is 3. The number of nitrogens with zero attached hydrogens (tertiary/aromatic N) is 1. The summed E-state index contributed by atoms with van der Waals surface area (Å²) < 4.78 is 0. The van der Waals surface area contributed by atoms with Gasteiger partial charge in [0, 0.05) is 22.0 Å². The van der Waals surface area contributed by atoms with Gasteiger partial charge in [0.2, 0.25) is 5.91 Å². The number of thiazole rings is 1. The fourth-order valence-corrected chi connectivity index (χ4v) is 4.54. The van der Waals surface area contributed by atoms with Gasteiger partial charge in [-0.2, -0.15) is 0 Å². The lowest BCUT2D eigenvalue weighted by Gasteiger charge is -2.05. The molecule has 0 unspecified atom stereocenters. The van der Waals surface area contributed by atoms with Crippen LogP contribution in [-0.4, -0.2) is 10.9 Å². The number of aryl methyl sites for hydroxylation is 1. The van der Waals surface area contributed by atoms with Crippen LogP contribution in [0.3, 0.4) is 0 Å². The molecule has 0 atom stereocenters. The number of benzene rings is 3. The highest BCUT2D eigenvalue weighted by Gasteiger charge is 2.13. The third-order valence-corrected chi connectivity index (χ3v) is 5.98. The van der Waals surface area contributed by atoms with Gasteiger partial charge >= 0.3 is 0 Å². The standard InChI is InChI=1S/C23H19ClN2OS/c1-15-21(14-22(27)26-19-10-5-9-18(24)13-19)28-23(25-15)12-17-8-4-7-16-6-2-3-11-20(16)17/h2-11,13H,12,14H2,1H3,(H,26,27). The molecule has 0 spiro atoms. The predicted octanol–water partition coefficient (Wildman–Crippen LogP) is 6.03. The van der Waals surface area contributed by atoms with E-state index in [2.05, 4.69) is 47.8 Å². The average molecular weight is 407 g/mol.